The predicted molar refractivity (Wildman–Crippen MR) is 154 cm³/mol. The van der Waals surface area contributed by atoms with Gasteiger partial charge in [0.25, 0.3) is 0 Å². The number of halogens is 3. The molecule has 5 rings (SSSR count). The van der Waals surface area contributed by atoms with Crippen molar-refractivity contribution < 1.29 is 19.3 Å². The number of rotatable bonds is 6. The lowest BCUT2D eigenvalue weighted by atomic mass is 9.79. The molecule has 11 heteroatoms. The first-order valence-electron chi connectivity index (χ1n) is 13.0. The molecule has 4 heterocycles. The Labute approximate surface area is 245 Å². The number of nitrogens with zero attached hydrogens (tertiary/aromatic N) is 5. The summed E-state index contributed by atoms with van der Waals surface area (Å²) in [6.07, 6.45) is 8.43. The van der Waals surface area contributed by atoms with E-state index in [1.54, 1.807) is 23.4 Å². The number of ether oxygens (including phenoxy) is 1. The largest absolute Gasteiger partial charge is 0.486 e. The summed E-state index contributed by atoms with van der Waals surface area (Å²) in [6, 6.07) is 4.91. The first-order valence-corrected chi connectivity index (χ1v) is 14.2. The third kappa shape index (κ3) is 6.05. The monoisotopic (exact) mass is 629 g/mol. The van der Waals surface area contributed by atoms with Gasteiger partial charge in [-0.15, -0.1) is 0 Å². The number of hydrogen-bond acceptors (Lipinski definition) is 8. The number of allylic oxidation sites excluding steroid dienone is 2. The van der Waals surface area contributed by atoms with E-state index in [0.717, 1.165) is 54.7 Å². The van der Waals surface area contributed by atoms with Crippen molar-refractivity contribution in [1.29, 1.82) is 0 Å². The summed E-state index contributed by atoms with van der Waals surface area (Å²) in [4.78, 5) is 19.7. The maximum atomic E-state index is 13.3. The third-order valence-corrected chi connectivity index (χ3v) is 8.50. The summed E-state index contributed by atoms with van der Waals surface area (Å²) in [6.45, 7) is 5.69. The first kappa shape index (κ1) is 28.6. The zero-order valence-electron chi connectivity index (χ0n) is 22.4. The molecule has 40 heavy (non-hydrogen) atoms. The molecule has 0 radical (unpaired) electrons. The van der Waals surface area contributed by atoms with E-state index in [9.17, 15) is 14.6 Å². The third-order valence-electron chi connectivity index (χ3n) is 7.37. The molecule has 0 amide bonds. The van der Waals surface area contributed by atoms with Crippen LogP contribution in [0.1, 0.15) is 62.5 Å². The van der Waals surface area contributed by atoms with Gasteiger partial charge >= 0.3 is 0 Å². The van der Waals surface area contributed by atoms with Crippen LogP contribution in [0, 0.1) is 12.7 Å². The molecule has 2 N–H and O–H groups in total. The maximum Gasteiger partial charge on any atom is 0.167 e. The van der Waals surface area contributed by atoms with Crippen molar-refractivity contribution in [1.82, 2.24) is 19.9 Å². The van der Waals surface area contributed by atoms with E-state index >= 15 is 0 Å². The van der Waals surface area contributed by atoms with Gasteiger partial charge in [-0.05, 0) is 86.1 Å². The fourth-order valence-corrected chi connectivity index (χ4v) is 5.65. The van der Waals surface area contributed by atoms with Crippen molar-refractivity contribution in [3.63, 3.8) is 0 Å². The zero-order valence-corrected chi connectivity index (χ0v) is 24.7. The lowest BCUT2D eigenvalue weighted by Crippen LogP contribution is -2.37. The molecule has 0 bridgehead atoms. The molecule has 1 unspecified atom stereocenters. The summed E-state index contributed by atoms with van der Waals surface area (Å²) in [5.74, 6) is 0.845. The molecule has 0 aromatic carbocycles. The van der Waals surface area contributed by atoms with Gasteiger partial charge in [0.2, 0.25) is 0 Å². The van der Waals surface area contributed by atoms with Crippen molar-refractivity contribution in [2.75, 3.05) is 4.90 Å². The van der Waals surface area contributed by atoms with E-state index in [1.165, 1.54) is 6.07 Å². The number of hydrogen-bond donors (Lipinski definition) is 2. The number of aromatic nitrogens is 4. The molecule has 210 valence electrons. The summed E-state index contributed by atoms with van der Waals surface area (Å²) < 4.78 is 19.7. The van der Waals surface area contributed by atoms with Crippen LogP contribution in [0.3, 0.4) is 0 Å². The van der Waals surface area contributed by atoms with E-state index in [4.69, 9.17) is 21.3 Å². The molecule has 0 saturated heterocycles. The molecular weight excluding hydrogens is 601 g/mol. The highest BCUT2D eigenvalue weighted by molar-refractivity contribution is 9.11. The van der Waals surface area contributed by atoms with E-state index in [1.807, 2.05) is 32.9 Å². The van der Waals surface area contributed by atoms with Crippen LogP contribution in [0.15, 0.2) is 58.8 Å². The fourth-order valence-electron chi connectivity index (χ4n) is 5.01. The topological polar surface area (TPSA) is 104 Å². The minimum Gasteiger partial charge on any atom is -0.486 e. The smallest absolute Gasteiger partial charge is 0.167 e. The van der Waals surface area contributed by atoms with Gasteiger partial charge in [0.15, 0.2) is 6.23 Å². The summed E-state index contributed by atoms with van der Waals surface area (Å²) in [7, 11) is 0. The van der Waals surface area contributed by atoms with Crippen molar-refractivity contribution in [2.24, 2.45) is 0 Å². The van der Waals surface area contributed by atoms with Crippen LogP contribution in [0.4, 0.5) is 10.1 Å². The second-order valence-corrected chi connectivity index (χ2v) is 11.8. The van der Waals surface area contributed by atoms with Crippen LogP contribution in [-0.4, -0.2) is 42.0 Å². The summed E-state index contributed by atoms with van der Waals surface area (Å²) >= 11 is 9.57. The van der Waals surface area contributed by atoms with Crippen molar-refractivity contribution in [3.05, 3.63) is 86.7 Å². The van der Waals surface area contributed by atoms with Gasteiger partial charge in [-0.2, -0.15) is 0 Å². The summed E-state index contributed by atoms with van der Waals surface area (Å²) in [5.41, 5.74) is 3.48. The van der Waals surface area contributed by atoms with Crippen LogP contribution < -0.4 is 4.90 Å². The Bertz CT molecular complexity index is 1490. The zero-order chi connectivity index (χ0) is 28.6. The van der Waals surface area contributed by atoms with Crippen LogP contribution in [0.5, 0.6) is 0 Å². The number of aliphatic hydroxyl groups excluding tert-OH is 1. The van der Waals surface area contributed by atoms with E-state index < -0.39 is 17.6 Å². The van der Waals surface area contributed by atoms with E-state index in [0.29, 0.717) is 27.3 Å². The average Bonchev–Trinajstić information content (AvgIpc) is 2.92. The molecule has 1 saturated carbocycles. The lowest BCUT2D eigenvalue weighted by Gasteiger charge is -2.35. The van der Waals surface area contributed by atoms with Gasteiger partial charge < -0.3 is 19.8 Å². The quantitative estimate of drug-likeness (QED) is 0.327. The Morgan fingerprint density at radius 2 is 1.90 bits per heavy atom. The minimum atomic E-state index is -1.07. The molecule has 2 aliphatic rings. The number of aryl methyl sites for hydroxylation is 1. The van der Waals surface area contributed by atoms with E-state index in [2.05, 4.69) is 30.9 Å². The maximum absolute atomic E-state index is 13.3. The Hall–Kier alpha value is -2.92. The van der Waals surface area contributed by atoms with Crippen LogP contribution in [-0.2, 0) is 11.3 Å². The second kappa shape index (κ2) is 11.5. The average molecular weight is 631 g/mol. The Morgan fingerprint density at radius 1 is 1.15 bits per heavy atom. The van der Waals surface area contributed by atoms with Crippen LogP contribution >= 0.6 is 27.5 Å². The molecule has 3 aromatic heterocycles. The summed E-state index contributed by atoms with van der Waals surface area (Å²) in [5, 5.41) is 21.8. The molecule has 1 aliphatic carbocycles. The predicted octanol–water partition coefficient (Wildman–Crippen LogP) is 6.31. The van der Waals surface area contributed by atoms with Crippen LogP contribution in [0.2, 0.25) is 5.02 Å². The number of aliphatic hydroxyl groups is 2. The standard InChI is InChI=1S/C29H30BrClFN5O3/c1-16-13-34-22(21-6-9-33-27(36-21)18-4-7-29(3,39)8-5-18)12-24(16)37-17(2)10-25(26(30)28(37)38)40-15-23-20(31)11-19(32)14-35-23/h6,9-14,18,28,38-39H,4-5,7-8,15H2,1-3H3. The van der Waals surface area contributed by atoms with Crippen molar-refractivity contribution >= 4 is 33.2 Å². The Balaban J connectivity index is 1.38. The highest BCUT2D eigenvalue weighted by Gasteiger charge is 2.32. The minimum absolute atomic E-state index is 0.00701. The molecule has 0 spiro atoms. The molecule has 1 fully saturated rings. The van der Waals surface area contributed by atoms with Crippen molar-refractivity contribution in [3.8, 4) is 11.4 Å². The van der Waals surface area contributed by atoms with Crippen LogP contribution in [0.25, 0.3) is 11.4 Å². The second-order valence-electron chi connectivity index (χ2n) is 10.5. The highest BCUT2D eigenvalue weighted by atomic mass is 79.9. The Kier molecular flexibility index (Phi) is 8.24. The molecule has 8 nitrogen and oxygen atoms in total. The highest BCUT2D eigenvalue weighted by Crippen LogP contribution is 2.39. The number of anilines is 1. The van der Waals surface area contributed by atoms with Gasteiger partial charge in [0.05, 0.1) is 44.1 Å². The lowest BCUT2D eigenvalue weighted by molar-refractivity contribution is 0.0164. The van der Waals surface area contributed by atoms with Gasteiger partial charge in [-0.1, -0.05) is 11.6 Å². The van der Waals surface area contributed by atoms with Crippen molar-refractivity contribution in [2.45, 2.75) is 70.8 Å². The Morgan fingerprint density at radius 3 is 2.62 bits per heavy atom. The fraction of sp³-hybridized carbons (Fsp3) is 0.379. The van der Waals surface area contributed by atoms with Gasteiger partial charge in [0, 0.05) is 30.1 Å². The SMILES string of the molecule is CC1=CC(OCc2ncc(F)cc2Cl)=C(Br)C(O)N1c1cc(-c2ccnc(C3CCC(C)(O)CC3)n2)ncc1C. The van der Waals surface area contributed by atoms with E-state index in [-0.39, 0.29) is 17.5 Å². The normalized spacial score (nSPS) is 23.3. The molecule has 1 aliphatic heterocycles. The molecule has 3 aromatic rings. The first-order chi connectivity index (χ1) is 19.0. The van der Waals surface area contributed by atoms with Gasteiger partial charge in [0.1, 0.15) is 24.0 Å². The molecular formula is C29H30BrClFN5O3. The van der Waals surface area contributed by atoms with Gasteiger partial charge in [-0.3, -0.25) is 9.97 Å². The van der Waals surface area contributed by atoms with Gasteiger partial charge in [-0.25, -0.2) is 14.4 Å². The number of pyridine rings is 2. The molecule has 1 atom stereocenters.